The van der Waals surface area contributed by atoms with Crippen LogP contribution in [0.3, 0.4) is 0 Å². The monoisotopic (exact) mass is 585 g/mol. The molecule has 4 aromatic rings. The van der Waals surface area contributed by atoms with Crippen molar-refractivity contribution in [3.05, 3.63) is 126 Å². The number of anilines is 1. The fraction of sp³-hybridized carbons (Fsp3) is 0.212. The zero-order valence-corrected chi connectivity index (χ0v) is 24.8. The third kappa shape index (κ3) is 8.20. The van der Waals surface area contributed by atoms with E-state index in [1.54, 1.807) is 24.3 Å². The number of carbonyl (C=O) groups is 2. The number of hydrogen-bond acceptors (Lipinski definition) is 5. The van der Waals surface area contributed by atoms with Gasteiger partial charge in [-0.1, -0.05) is 78.4 Å². The van der Waals surface area contributed by atoms with Gasteiger partial charge in [-0.2, -0.15) is 0 Å². The average molecular weight is 586 g/mol. The van der Waals surface area contributed by atoms with Gasteiger partial charge in [0, 0.05) is 20.0 Å². The van der Waals surface area contributed by atoms with Gasteiger partial charge in [-0.15, -0.1) is 0 Å². The Morgan fingerprint density at radius 2 is 1.36 bits per heavy atom. The molecular weight excluding hydrogens is 550 g/mol. The van der Waals surface area contributed by atoms with Gasteiger partial charge in [-0.05, 0) is 54.4 Å². The van der Waals surface area contributed by atoms with E-state index in [0.29, 0.717) is 17.2 Å². The number of sulfonamides is 1. The zero-order chi connectivity index (χ0) is 30.1. The molecule has 0 aromatic heterocycles. The SMILES string of the molecule is CNC(=O)[C@H](Cc1ccccc1)N(Cc1ccc(C)cc1)C(=O)CN(c1ccc(Oc2ccccc2)cc1)S(C)(=O)=O. The molecule has 1 N–H and O–H groups in total. The minimum absolute atomic E-state index is 0.130. The Morgan fingerprint density at radius 3 is 1.93 bits per heavy atom. The molecule has 0 saturated carbocycles. The largest absolute Gasteiger partial charge is 0.457 e. The van der Waals surface area contributed by atoms with E-state index in [1.165, 1.54) is 11.9 Å². The summed E-state index contributed by atoms with van der Waals surface area (Å²) in [6.07, 6.45) is 1.32. The molecular formula is C33H35N3O5S. The summed E-state index contributed by atoms with van der Waals surface area (Å²) in [6, 6.07) is 31.9. The molecule has 218 valence electrons. The second-order valence-corrected chi connectivity index (χ2v) is 11.9. The maximum absolute atomic E-state index is 14.0. The van der Waals surface area contributed by atoms with Gasteiger partial charge >= 0.3 is 0 Å². The van der Waals surface area contributed by atoms with Crippen LogP contribution < -0.4 is 14.4 Å². The predicted octanol–water partition coefficient (Wildman–Crippen LogP) is 4.94. The normalized spacial score (nSPS) is 11.8. The van der Waals surface area contributed by atoms with Crippen molar-refractivity contribution in [2.75, 3.05) is 24.2 Å². The molecule has 0 saturated heterocycles. The van der Waals surface area contributed by atoms with Crippen molar-refractivity contribution < 1.29 is 22.7 Å². The molecule has 0 spiro atoms. The predicted molar refractivity (Wildman–Crippen MR) is 165 cm³/mol. The number of para-hydroxylation sites is 1. The summed E-state index contributed by atoms with van der Waals surface area (Å²) in [4.78, 5) is 28.7. The fourth-order valence-corrected chi connectivity index (χ4v) is 5.38. The number of nitrogens with one attached hydrogen (secondary N) is 1. The Balaban J connectivity index is 1.64. The molecule has 0 bridgehead atoms. The molecule has 0 radical (unpaired) electrons. The third-order valence-electron chi connectivity index (χ3n) is 6.77. The van der Waals surface area contributed by atoms with Crippen LogP contribution in [0.25, 0.3) is 0 Å². The second-order valence-electron chi connectivity index (χ2n) is 10.0. The summed E-state index contributed by atoms with van der Waals surface area (Å²) in [5, 5.41) is 2.68. The van der Waals surface area contributed by atoms with E-state index in [2.05, 4.69) is 5.32 Å². The van der Waals surface area contributed by atoms with Gasteiger partial charge in [0.25, 0.3) is 0 Å². The van der Waals surface area contributed by atoms with E-state index in [-0.39, 0.29) is 18.9 Å². The van der Waals surface area contributed by atoms with Crippen molar-refractivity contribution in [1.29, 1.82) is 0 Å². The second kappa shape index (κ2) is 13.8. The van der Waals surface area contributed by atoms with Gasteiger partial charge in [0.2, 0.25) is 21.8 Å². The topological polar surface area (TPSA) is 96.0 Å². The summed E-state index contributed by atoms with van der Waals surface area (Å²) in [5.74, 6) is 0.321. The highest BCUT2D eigenvalue weighted by Crippen LogP contribution is 2.26. The Morgan fingerprint density at radius 1 is 0.786 bits per heavy atom. The first kappa shape index (κ1) is 30.3. The number of benzene rings is 4. The highest BCUT2D eigenvalue weighted by molar-refractivity contribution is 7.92. The van der Waals surface area contributed by atoms with Gasteiger partial charge < -0.3 is 15.0 Å². The van der Waals surface area contributed by atoms with Crippen molar-refractivity contribution in [2.45, 2.75) is 25.9 Å². The molecule has 0 aliphatic carbocycles. The molecule has 4 rings (SSSR count). The third-order valence-corrected chi connectivity index (χ3v) is 7.91. The minimum Gasteiger partial charge on any atom is -0.457 e. The maximum Gasteiger partial charge on any atom is 0.244 e. The Kier molecular flexibility index (Phi) is 9.98. The number of aryl methyl sites for hydroxylation is 1. The molecule has 0 heterocycles. The van der Waals surface area contributed by atoms with Gasteiger partial charge in [-0.3, -0.25) is 13.9 Å². The van der Waals surface area contributed by atoms with E-state index < -0.39 is 28.5 Å². The van der Waals surface area contributed by atoms with Crippen LogP contribution in [-0.2, 0) is 32.6 Å². The van der Waals surface area contributed by atoms with Crippen LogP contribution in [-0.4, -0.2) is 51.0 Å². The standard InChI is InChI=1S/C33H35N3O5S/c1-25-14-16-27(17-15-25)23-35(31(33(38)34-2)22-26-10-6-4-7-11-26)32(37)24-36(42(3,39)40)28-18-20-30(21-19-28)41-29-12-8-5-9-13-29/h4-21,31H,22-24H2,1-3H3,(H,34,38)/t31-/m0/s1. The Labute approximate surface area is 247 Å². The lowest BCUT2D eigenvalue weighted by Crippen LogP contribution is -2.52. The van der Waals surface area contributed by atoms with E-state index in [9.17, 15) is 18.0 Å². The Hall–Kier alpha value is -4.63. The minimum atomic E-state index is -3.86. The molecule has 42 heavy (non-hydrogen) atoms. The molecule has 0 fully saturated rings. The van der Waals surface area contributed by atoms with Crippen LogP contribution >= 0.6 is 0 Å². The van der Waals surface area contributed by atoms with Crippen LogP contribution in [0.4, 0.5) is 5.69 Å². The van der Waals surface area contributed by atoms with Gasteiger partial charge in [0.15, 0.2) is 0 Å². The van der Waals surface area contributed by atoms with Crippen LogP contribution in [0.15, 0.2) is 109 Å². The molecule has 8 nitrogen and oxygen atoms in total. The fourth-order valence-electron chi connectivity index (χ4n) is 4.53. The van der Waals surface area contributed by atoms with E-state index in [0.717, 1.165) is 27.3 Å². The number of amides is 2. The van der Waals surface area contributed by atoms with Gasteiger partial charge in [0.05, 0.1) is 11.9 Å². The lowest BCUT2D eigenvalue weighted by molar-refractivity contribution is -0.139. The lowest BCUT2D eigenvalue weighted by Gasteiger charge is -2.33. The van der Waals surface area contributed by atoms with E-state index in [4.69, 9.17) is 4.74 Å². The summed E-state index contributed by atoms with van der Waals surface area (Å²) < 4.78 is 32.8. The summed E-state index contributed by atoms with van der Waals surface area (Å²) in [6.45, 7) is 1.62. The molecule has 4 aromatic carbocycles. The van der Waals surface area contributed by atoms with Crippen molar-refractivity contribution in [3.8, 4) is 11.5 Å². The molecule has 2 amide bonds. The van der Waals surface area contributed by atoms with E-state index >= 15 is 0 Å². The van der Waals surface area contributed by atoms with Gasteiger partial charge in [-0.25, -0.2) is 8.42 Å². The average Bonchev–Trinajstić information content (AvgIpc) is 2.99. The van der Waals surface area contributed by atoms with Crippen LogP contribution in [0.5, 0.6) is 11.5 Å². The first-order valence-electron chi connectivity index (χ1n) is 13.6. The molecule has 1 atom stereocenters. The number of carbonyl (C=O) groups excluding carboxylic acids is 2. The van der Waals surface area contributed by atoms with Crippen molar-refractivity contribution >= 4 is 27.5 Å². The summed E-state index contributed by atoms with van der Waals surface area (Å²) in [5.41, 5.74) is 3.07. The number of likely N-dealkylation sites (N-methyl/N-ethyl adjacent to an activating group) is 1. The first-order valence-corrected chi connectivity index (χ1v) is 15.4. The number of ether oxygens (including phenoxy) is 1. The molecule has 0 aliphatic rings. The lowest BCUT2D eigenvalue weighted by atomic mass is 10.0. The number of rotatable bonds is 12. The summed E-state index contributed by atoms with van der Waals surface area (Å²) in [7, 11) is -2.34. The van der Waals surface area contributed by atoms with Crippen molar-refractivity contribution in [3.63, 3.8) is 0 Å². The van der Waals surface area contributed by atoms with E-state index in [1.807, 2.05) is 91.9 Å². The Bertz CT molecular complexity index is 1580. The first-order chi connectivity index (χ1) is 20.1. The molecule has 9 heteroatoms. The molecule has 0 aliphatic heterocycles. The quantitative estimate of drug-likeness (QED) is 0.254. The van der Waals surface area contributed by atoms with Crippen molar-refractivity contribution in [1.82, 2.24) is 10.2 Å². The smallest absolute Gasteiger partial charge is 0.244 e. The van der Waals surface area contributed by atoms with Gasteiger partial charge in [0.1, 0.15) is 24.1 Å². The highest BCUT2D eigenvalue weighted by atomic mass is 32.2. The number of nitrogens with zero attached hydrogens (tertiary/aromatic N) is 2. The van der Waals surface area contributed by atoms with Crippen LogP contribution in [0, 0.1) is 6.92 Å². The highest BCUT2D eigenvalue weighted by Gasteiger charge is 2.32. The molecule has 0 unspecified atom stereocenters. The van der Waals surface area contributed by atoms with Crippen molar-refractivity contribution in [2.24, 2.45) is 0 Å². The maximum atomic E-state index is 14.0. The van der Waals surface area contributed by atoms with Crippen LogP contribution in [0.1, 0.15) is 16.7 Å². The number of hydrogen-bond donors (Lipinski definition) is 1. The summed E-state index contributed by atoms with van der Waals surface area (Å²) >= 11 is 0. The zero-order valence-electron chi connectivity index (χ0n) is 23.9. The van der Waals surface area contributed by atoms with Crippen LogP contribution in [0.2, 0.25) is 0 Å².